The van der Waals surface area contributed by atoms with Crippen LogP contribution in [0.1, 0.15) is 21.5 Å². The number of nitrogens with one attached hydrogen (secondary N) is 2. The molecule has 2 aromatic carbocycles. The predicted octanol–water partition coefficient (Wildman–Crippen LogP) is 4.04. The minimum Gasteiger partial charge on any atom is -0.493 e. The van der Waals surface area contributed by atoms with Gasteiger partial charge in [-0.25, -0.2) is 0 Å². The van der Waals surface area contributed by atoms with Gasteiger partial charge in [0.1, 0.15) is 0 Å². The molecule has 0 atom stereocenters. The highest BCUT2D eigenvalue weighted by atomic mass is 19.4. The van der Waals surface area contributed by atoms with Gasteiger partial charge in [-0.05, 0) is 29.8 Å². The normalized spacial score (nSPS) is 11.2. The fourth-order valence-corrected chi connectivity index (χ4v) is 2.89. The molecule has 9 heteroatoms. The lowest BCUT2D eigenvalue weighted by Crippen LogP contribution is -2.24. The average molecular weight is 405 g/mol. The Balaban J connectivity index is 1.82. The number of hydrogen-bond donors (Lipinski definition) is 2. The Morgan fingerprint density at radius 1 is 1.10 bits per heavy atom. The van der Waals surface area contributed by atoms with E-state index in [9.17, 15) is 18.0 Å². The van der Waals surface area contributed by atoms with Crippen LogP contribution < -0.4 is 14.8 Å². The molecular formula is C20H18F3N3O3. The maximum Gasteiger partial charge on any atom is 0.416 e. The highest BCUT2D eigenvalue weighted by molar-refractivity contribution is 5.99. The van der Waals surface area contributed by atoms with Gasteiger partial charge in [-0.3, -0.25) is 9.89 Å². The largest absolute Gasteiger partial charge is 0.493 e. The number of aromatic amines is 1. The molecule has 1 heterocycles. The number of methoxy groups -OCH3 is 2. The highest BCUT2D eigenvalue weighted by Gasteiger charge is 2.32. The van der Waals surface area contributed by atoms with Gasteiger partial charge in [0.15, 0.2) is 11.5 Å². The third-order valence-electron chi connectivity index (χ3n) is 4.32. The van der Waals surface area contributed by atoms with Gasteiger partial charge in [-0.1, -0.05) is 18.2 Å². The smallest absolute Gasteiger partial charge is 0.416 e. The molecule has 0 radical (unpaired) electrons. The first kappa shape index (κ1) is 20.2. The van der Waals surface area contributed by atoms with Crippen LogP contribution >= 0.6 is 0 Å². The summed E-state index contributed by atoms with van der Waals surface area (Å²) >= 11 is 0. The van der Waals surface area contributed by atoms with E-state index in [0.29, 0.717) is 22.8 Å². The van der Waals surface area contributed by atoms with Crippen molar-refractivity contribution in [2.45, 2.75) is 12.7 Å². The van der Waals surface area contributed by atoms with Crippen LogP contribution in [0.25, 0.3) is 11.3 Å². The number of ether oxygens (including phenoxy) is 2. The summed E-state index contributed by atoms with van der Waals surface area (Å²) in [6, 6.07) is 10.2. The SMILES string of the molecule is COc1ccc(-c2[nH]ncc2C(=O)NCc2ccccc2C(F)(F)F)cc1OC. The van der Waals surface area contributed by atoms with E-state index in [0.717, 1.165) is 6.07 Å². The number of rotatable bonds is 6. The molecule has 0 aliphatic heterocycles. The van der Waals surface area contributed by atoms with Crippen molar-refractivity contribution in [1.29, 1.82) is 0 Å². The van der Waals surface area contributed by atoms with Crippen LogP contribution in [0.4, 0.5) is 13.2 Å². The minimum atomic E-state index is -4.50. The van der Waals surface area contributed by atoms with Crippen LogP contribution in [0.5, 0.6) is 11.5 Å². The number of alkyl halides is 3. The van der Waals surface area contributed by atoms with Gasteiger partial charge < -0.3 is 14.8 Å². The van der Waals surface area contributed by atoms with Crippen molar-refractivity contribution in [2.75, 3.05) is 14.2 Å². The zero-order chi connectivity index (χ0) is 21.0. The molecule has 29 heavy (non-hydrogen) atoms. The van der Waals surface area contributed by atoms with Crippen molar-refractivity contribution in [3.8, 4) is 22.8 Å². The van der Waals surface area contributed by atoms with Crippen LogP contribution in [0.2, 0.25) is 0 Å². The maximum absolute atomic E-state index is 13.1. The summed E-state index contributed by atoms with van der Waals surface area (Å²) in [5.74, 6) is 0.427. The predicted molar refractivity (Wildman–Crippen MR) is 99.7 cm³/mol. The number of halogens is 3. The van der Waals surface area contributed by atoms with Crippen LogP contribution in [0.3, 0.4) is 0 Å². The number of hydrogen-bond acceptors (Lipinski definition) is 4. The lowest BCUT2D eigenvalue weighted by molar-refractivity contribution is -0.138. The third kappa shape index (κ3) is 4.34. The van der Waals surface area contributed by atoms with Crippen molar-refractivity contribution in [2.24, 2.45) is 0 Å². The van der Waals surface area contributed by atoms with Gasteiger partial charge in [0.05, 0.1) is 37.2 Å². The standard InChI is InChI=1S/C20H18F3N3O3/c1-28-16-8-7-12(9-17(16)29-2)18-14(11-25-26-18)19(27)24-10-13-5-3-4-6-15(13)20(21,22)23/h3-9,11H,10H2,1-2H3,(H,24,27)(H,25,26). The van der Waals surface area contributed by atoms with E-state index < -0.39 is 17.6 Å². The van der Waals surface area contributed by atoms with Crippen LogP contribution in [0, 0.1) is 0 Å². The van der Waals surface area contributed by atoms with Gasteiger partial charge >= 0.3 is 6.18 Å². The van der Waals surface area contributed by atoms with Crippen LogP contribution in [-0.2, 0) is 12.7 Å². The second kappa shape index (κ2) is 8.26. The second-order valence-corrected chi connectivity index (χ2v) is 6.07. The lowest BCUT2D eigenvalue weighted by Gasteiger charge is -2.13. The fraction of sp³-hybridized carbons (Fsp3) is 0.200. The highest BCUT2D eigenvalue weighted by Crippen LogP contribution is 2.33. The van der Waals surface area contributed by atoms with Crippen molar-refractivity contribution in [1.82, 2.24) is 15.5 Å². The summed E-state index contributed by atoms with van der Waals surface area (Å²) in [4.78, 5) is 12.6. The number of amides is 1. The molecule has 0 aliphatic carbocycles. The monoisotopic (exact) mass is 405 g/mol. The molecule has 0 spiro atoms. The number of nitrogens with zero attached hydrogens (tertiary/aromatic N) is 1. The van der Waals surface area contributed by atoms with Gasteiger partial charge in [0, 0.05) is 12.1 Å². The van der Waals surface area contributed by atoms with Gasteiger partial charge in [0.25, 0.3) is 5.91 Å². The van der Waals surface area contributed by atoms with E-state index in [1.165, 1.54) is 38.6 Å². The Morgan fingerprint density at radius 3 is 2.52 bits per heavy atom. The van der Waals surface area contributed by atoms with Crippen molar-refractivity contribution in [3.05, 3.63) is 65.4 Å². The fourth-order valence-electron chi connectivity index (χ4n) is 2.89. The topological polar surface area (TPSA) is 76.2 Å². The number of benzene rings is 2. The number of aromatic nitrogens is 2. The number of carbonyl (C=O) groups is 1. The first-order chi connectivity index (χ1) is 13.8. The third-order valence-corrected chi connectivity index (χ3v) is 4.32. The van der Waals surface area contributed by atoms with E-state index in [4.69, 9.17) is 9.47 Å². The molecule has 152 valence electrons. The van der Waals surface area contributed by atoms with Gasteiger partial charge in [-0.15, -0.1) is 0 Å². The summed E-state index contributed by atoms with van der Waals surface area (Å²) in [5, 5.41) is 9.15. The van der Waals surface area contributed by atoms with E-state index in [2.05, 4.69) is 15.5 Å². The average Bonchev–Trinajstić information content (AvgIpc) is 3.21. The first-order valence-electron chi connectivity index (χ1n) is 8.54. The van der Waals surface area contributed by atoms with Crippen molar-refractivity contribution < 1.29 is 27.4 Å². The van der Waals surface area contributed by atoms with E-state index in [1.807, 2.05) is 0 Å². The minimum absolute atomic E-state index is 0.0236. The molecule has 2 N–H and O–H groups in total. The van der Waals surface area contributed by atoms with Crippen molar-refractivity contribution >= 4 is 5.91 Å². The van der Waals surface area contributed by atoms with E-state index in [1.54, 1.807) is 18.2 Å². The second-order valence-electron chi connectivity index (χ2n) is 6.07. The molecule has 0 bridgehead atoms. The number of carbonyl (C=O) groups excluding carboxylic acids is 1. The summed E-state index contributed by atoms with van der Waals surface area (Å²) < 4.78 is 49.8. The molecule has 0 saturated heterocycles. The Morgan fingerprint density at radius 2 is 1.83 bits per heavy atom. The maximum atomic E-state index is 13.1. The summed E-state index contributed by atoms with van der Waals surface area (Å²) in [5.41, 5.74) is 0.410. The molecule has 1 aromatic heterocycles. The zero-order valence-electron chi connectivity index (χ0n) is 15.6. The molecule has 0 unspecified atom stereocenters. The Labute approximate surface area is 164 Å². The molecule has 1 amide bonds. The summed E-state index contributed by atoms with van der Waals surface area (Å²) in [6.45, 7) is -0.273. The molecule has 0 aliphatic rings. The quantitative estimate of drug-likeness (QED) is 0.649. The summed E-state index contributed by atoms with van der Waals surface area (Å²) in [7, 11) is 2.99. The van der Waals surface area contributed by atoms with Crippen molar-refractivity contribution in [3.63, 3.8) is 0 Å². The Hall–Kier alpha value is -3.49. The van der Waals surface area contributed by atoms with Crippen LogP contribution in [0.15, 0.2) is 48.7 Å². The number of H-pyrrole nitrogens is 1. The Bertz CT molecular complexity index is 1020. The van der Waals surface area contributed by atoms with Gasteiger partial charge in [-0.2, -0.15) is 18.3 Å². The molecule has 3 rings (SSSR count). The molecule has 3 aromatic rings. The Kier molecular flexibility index (Phi) is 5.76. The van der Waals surface area contributed by atoms with Gasteiger partial charge in [0.2, 0.25) is 0 Å². The molecule has 6 nitrogen and oxygen atoms in total. The summed E-state index contributed by atoms with van der Waals surface area (Å²) in [6.07, 6.45) is -3.18. The zero-order valence-corrected chi connectivity index (χ0v) is 15.6. The van der Waals surface area contributed by atoms with Crippen LogP contribution in [-0.4, -0.2) is 30.3 Å². The van der Waals surface area contributed by atoms with E-state index in [-0.39, 0.29) is 17.7 Å². The lowest BCUT2D eigenvalue weighted by atomic mass is 10.1. The molecular weight excluding hydrogens is 387 g/mol. The molecule has 0 fully saturated rings. The van der Waals surface area contributed by atoms with E-state index >= 15 is 0 Å². The molecule has 0 saturated carbocycles. The first-order valence-corrected chi connectivity index (χ1v) is 8.54.